The number of benzene rings is 1. The summed E-state index contributed by atoms with van der Waals surface area (Å²) in [5, 5.41) is 10.6. The van der Waals surface area contributed by atoms with Crippen LogP contribution in [0.15, 0.2) is 18.2 Å². The molecule has 0 spiro atoms. The molecule has 0 heterocycles. The van der Waals surface area contributed by atoms with E-state index >= 15 is 0 Å². The molecular weight excluding hydrogens is 160 g/mol. The zero-order valence-electron chi connectivity index (χ0n) is 5.33. The molecule has 0 aliphatic rings. The summed E-state index contributed by atoms with van der Waals surface area (Å²) in [6.07, 6.45) is 0. The van der Waals surface area contributed by atoms with Crippen molar-refractivity contribution in [3.63, 3.8) is 0 Å². The first kappa shape index (κ1) is 7.67. The minimum atomic E-state index is 0.706. The number of nitriles is 1. The van der Waals surface area contributed by atoms with Crippen molar-refractivity contribution < 1.29 is 0 Å². The van der Waals surface area contributed by atoms with E-state index in [0.717, 1.165) is 10.6 Å². The standard InChI is InChI=1S/C7H7NP2/c8-4-5-1-6(9)3-7(10)2-5/h1-3H,9-10H2. The van der Waals surface area contributed by atoms with E-state index in [1.807, 2.05) is 18.2 Å². The molecule has 1 rings (SSSR count). The Hall–Kier alpha value is -0.430. The van der Waals surface area contributed by atoms with Crippen LogP contribution in [0.3, 0.4) is 0 Å². The molecular formula is C7H7NP2. The Morgan fingerprint density at radius 2 is 1.60 bits per heavy atom. The molecule has 3 heteroatoms. The summed E-state index contributed by atoms with van der Waals surface area (Å²) in [5.41, 5.74) is 0.706. The number of nitrogens with zero attached hydrogens (tertiary/aromatic N) is 1. The fourth-order valence-corrected chi connectivity index (χ4v) is 1.68. The van der Waals surface area contributed by atoms with E-state index in [1.54, 1.807) is 0 Å². The zero-order chi connectivity index (χ0) is 7.56. The van der Waals surface area contributed by atoms with Crippen molar-refractivity contribution in [2.45, 2.75) is 0 Å². The lowest BCUT2D eigenvalue weighted by atomic mass is 10.2. The normalized spacial score (nSPS) is 8.90. The topological polar surface area (TPSA) is 23.8 Å². The van der Waals surface area contributed by atoms with Crippen molar-refractivity contribution in [2.75, 3.05) is 0 Å². The van der Waals surface area contributed by atoms with Gasteiger partial charge in [0, 0.05) is 0 Å². The molecule has 0 aliphatic carbocycles. The van der Waals surface area contributed by atoms with Crippen LogP contribution in [0.4, 0.5) is 0 Å². The van der Waals surface area contributed by atoms with Crippen molar-refractivity contribution in [1.82, 2.24) is 0 Å². The third-order valence-electron chi connectivity index (χ3n) is 1.11. The maximum Gasteiger partial charge on any atom is 0.0992 e. The van der Waals surface area contributed by atoms with Gasteiger partial charge in [0.25, 0.3) is 0 Å². The molecule has 1 nitrogen and oxygen atoms in total. The van der Waals surface area contributed by atoms with Crippen molar-refractivity contribution in [1.29, 1.82) is 5.26 Å². The van der Waals surface area contributed by atoms with E-state index in [4.69, 9.17) is 5.26 Å². The first-order valence-corrected chi connectivity index (χ1v) is 3.94. The van der Waals surface area contributed by atoms with Gasteiger partial charge in [-0.1, -0.05) is 0 Å². The van der Waals surface area contributed by atoms with Crippen molar-refractivity contribution in [3.8, 4) is 6.07 Å². The van der Waals surface area contributed by atoms with Gasteiger partial charge in [0.05, 0.1) is 11.6 Å². The molecule has 1 aromatic carbocycles. The molecule has 0 amide bonds. The highest BCUT2D eigenvalue weighted by Gasteiger charge is 1.91. The van der Waals surface area contributed by atoms with Crippen LogP contribution in [0.25, 0.3) is 0 Å². The van der Waals surface area contributed by atoms with Gasteiger partial charge in [-0.2, -0.15) is 5.26 Å². The smallest absolute Gasteiger partial charge is 0.0992 e. The number of hydrogen-bond acceptors (Lipinski definition) is 1. The summed E-state index contributed by atoms with van der Waals surface area (Å²) in [6.45, 7) is 0. The molecule has 2 unspecified atom stereocenters. The van der Waals surface area contributed by atoms with Gasteiger partial charge in [-0.25, -0.2) is 0 Å². The van der Waals surface area contributed by atoms with E-state index < -0.39 is 0 Å². The zero-order valence-corrected chi connectivity index (χ0v) is 7.64. The van der Waals surface area contributed by atoms with E-state index in [2.05, 4.69) is 24.5 Å². The Bertz CT molecular complexity index is 268. The van der Waals surface area contributed by atoms with Crippen LogP contribution in [0.2, 0.25) is 0 Å². The average molecular weight is 167 g/mol. The third-order valence-corrected chi connectivity index (χ3v) is 1.77. The predicted molar refractivity (Wildman–Crippen MR) is 49.8 cm³/mol. The van der Waals surface area contributed by atoms with Gasteiger partial charge in [-0.05, 0) is 28.8 Å². The van der Waals surface area contributed by atoms with Crippen LogP contribution in [0.1, 0.15) is 5.56 Å². The highest BCUT2D eigenvalue weighted by molar-refractivity contribution is 7.29. The minimum absolute atomic E-state index is 0.706. The summed E-state index contributed by atoms with van der Waals surface area (Å²) >= 11 is 0. The molecule has 0 aromatic heterocycles. The van der Waals surface area contributed by atoms with Crippen LogP contribution in [0, 0.1) is 11.3 Å². The van der Waals surface area contributed by atoms with Gasteiger partial charge >= 0.3 is 0 Å². The van der Waals surface area contributed by atoms with Crippen LogP contribution >= 0.6 is 18.5 Å². The number of rotatable bonds is 0. The Labute approximate surface area is 64.8 Å². The summed E-state index contributed by atoms with van der Waals surface area (Å²) in [4.78, 5) is 0. The van der Waals surface area contributed by atoms with E-state index in [-0.39, 0.29) is 0 Å². The van der Waals surface area contributed by atoms with Gasteiger partial charge in [0.2, 0.25) is 0 Å². The summed E-state index contributed by atoms with van der Waals surface area (Å²) < 4.78 is 0. The molecule has 0 radical (unpaired) electrons. The van der Waals surface area contributed by atoms with Crippen LogP contribution in [-0.2, 0) is 0 Å². The highest BCUT2D eigenvalue weighted by atomic mass is 31.0. The maximum absolute atomic E-state index is 8.52. The van der Waals surface area contributed by atoms with Gasteiger partial charge < -0.3 is 0 Å². The molecule has 0 bridgehead atoms. The minimum Gasteiger partial charge on any atom is -0.192 e. The highest BCUT2D eigenvalue weighted by Crippen LogP contribution is 1.97. The maximum atomic E-state index is 8.52. The molecule has 0 N–H and O–H groups in total. The molecule has 0 saturated carbocycles. The molecule has 2 atom stereocenters. The SMILES string of the molecule is N#Cc1cc(P)cc(P)c1. The van der Waals surface area contributed by atoms with Crippen LogP contribution in [-0.4, -0.2) is 0 Å². The second-order valence-corrected chi connectivity index (χ2v) is 3.33. The molecule has 1 aromatic rings. The molecule has 0 fully saturated rings. The first-order valence-electron chi connectivity index (χ1n) is 2.78. The fourth-order valence-electron chi connectivity index (χ4n) is 0.741. The molecule has 50 valence electrons. The van der Waals surface area contributed by atoms with Crippen molar-refractivity contribution in [2.24, 2.45) is 0 Å². The summed E-state index contributed by atoms with van der Waals surface area (Å²) in [7, 11) is 5.12. The van der Waals surface area contributed by atoms with Gasteiger partial charge in [-0.15, -0.1) is 18.5 Å². The Balaban J connectivity index is 3.22. The summed E-state index contributed by atoms with van der Waals surface area (Å²) in [6, 6.07) is 7.73. The lowest BCUT2D eigenvalue weighted by molar-refractivity contribution is 1.50. The first-order chi connectivity index (χ1) is 4.72. The Morgan fingerprint density at radius 1 is 1.10 bits per heavy atom. The second kappa shape index (κ2) is 3.11. The Morgan fingerprint density at radius 3 is 2.00 bits per heavy atom. The summed E-state index contributed by atoms with van der Waals surface area (Å²) in [5.74, 6) is 0. The second-order valence-electron chi connectivity index (χ2n) is 2.00. The van der Waals surface area contributed by atoms with Gasteiger partial charge in [-0.3, -0.25) is 0 Å². The lowest BCUT2D eigenvalue weighted by Crippen LogP contribution is -2.01. The lowest BCUT2D eigenvalue weighted by Gasteiger charge is -1.94. The van der Waals surface area contributed by atoms with Crippen LogP contribution in [0.5, 0.6) is 0 Å². The average Bonchev–Trinajstić information content (AvgIpc) is 1.85. The largest absolute Gasteiger partial charge is 0.192 e. The Kier molecular flexibility index (Phi) is 2.39. The van der Waals surface area contributed by atoms with Gasteiger partial charge in [0.1, 0.15) is 0 Å². The molecule has 0 saturated heterocycles. The van der Waals surface area contributed by atoms with Crippen molar-refractivity contribution in [3.05, 3.63) is 23.8 Å². The van der Waals surface area contributed by atoms with Crippen LogP contribution < -0.4 is 10.6 Å². The third kappa shape index (κ3) is 1.77. The number of hydrogen-bond donors (Lipinski definition) is 0. The van der Waals surface area contributed by atoms with E-state index in [0.29, 0.717) is 5.56 Å². The van der Waals surface area contributed by atoms with E-state index in [1.165, 1.54) is 0 Å². The van der Waals surface area contributed by atoms with E-state index in [9.17, 15) is 0 Å². The molecule has 10 heavy (non-hydrogen) atoms. The fraction of sp³-hybridized carbons (Fsp3) is 0. The quantitative estimate of drug-likeness (QED) is 0.518. The van der Waals surface area contributed by atoms with Gasteiger partial charge in [0.15, 0.2) is 0 Å². The predicted octanol–water partition coefficient (Wildman–Crippen LogP) is 0.559. The monoisotopic (exact) mass is 167 g/mol. The molecule has 0 aliphatic heterocycles. The van der Waals surface area contributed by atoms with Crippen molar-refractivity contribution >= 4 is 29.1 Å².